The van der Waals surface area contributed by atoms with Gasteiger partial charge >= 0.3 is 17.9 Å². The molecule has 0 fully saturated rings. The van der Waals surface area contributed by atoms with Crippen LogP contribution >= 0.6 is 0 Å². The molecule has 0 aliphatic rings. The zero-order valence-electron chi connectivity index (χ0n) is 40.0. The van der Waals surface area contributed by atoms with Gasteiger partial charge in [0.25, 0.3) is 0 Å². The molecule has 1 atom stereocenters. The van der Waals surface area contributed by atoms with Crippen LogP contribution in [0.1, 0.15) is 271 Å². The third-order valence-corrected chi connectivity index (χ3v) is 11.4. The number of unbranched alkanes of at least 4 members (excludes halogenated alkanes) is 30. The van der Waals surface area contributed by atoms with Crippen LogP contribution in [0, 0.1) is 0 Å². The van der Waals surface area contributed by atoms with Crippen molar-refractivity contribution in [3.63, 3.8) is 0 Å². The maximum Gasteiger partial charge on any atom is 0.306 e. The molecule has 0 rings (SSSR count). The highest BCUT2D eigenvalue weighted by atomic mass is 16.6. The van der Waals surface area contributed by atoms with Gasteiger partial charge in [-0.1, -0.05) is 224 Å². The van der Waals surface area contributed by atoms with Gasteiger partial charge in [0, 0.05) is 19.3 Å². The van der Waals surface area contributed by atoms with E-state index in [0.717, 1.165) is 51.4 Å². The van der Waals surface area contributed by atoms with Gasteiger partial charge in [0.1, 0.15) is 13.2 Å². The Labute approximate surface area is 372 Å². The van der Waals surface area contributed by atoms with Gasteiger partial charge in [-0.3, -0.25) is 14.4 Å². The minimum absolute atomic E-state index is 0.0934. The first-order chi connectivity index (χ1) is 29.5. The highest BCUT2D eigenvalue weighted by Crippen LogP contribution is 2.15. The fourth-order valence-corrected chi connectivity index (χ4v) is 7.43. The molecular formula is C54H98O6. The number of esters is 3. The minimum Gasteiger partial charge on any atom is -0.462 e. The second kappa shape index (κ2) is 49.3. The molecule has 0 bridgehead atoms. The summed E-state index contributed by atoms with van der Waals surface area (Å²) >= 11 is 0. The van der Waals surface area contributed by atoms with Crippen LogP contribution in [0.5, 0.6) is 0 Å². The summed E-state index contributed by atoms with van der Waals surface area (Å²) in [7, 11) is 0. The van der Waals surface area contributed by atoms with Crippen LogP contribution in [0.3, 0.4) is 0 Å². The van der Waals surface area contributed by atoms with Gasteiger partial charge in [-0.15, -0.1) is 0 Å². The molecule has 0 radical (unpaired) electrons. The fourth-order valence-electron chi connectivity index (χ4n) is 7.43. The van der Waals surface area contributed by atoms with Crippen LogP contribution in [0.15, 0.2) is 36.5 Å². The molecule has 6 nitrogen and oxygen atoms in total. The number of carbonyl (C=O) groups is 3. The molecule has 0 spiro atoms. The molecule has 1 unspecified atom stereocenters. The van der Waals surface area contributed by atoms with E-state index in [1.54, 1.807) is 0 Å². The fraction of sp³-hybridized carbons (Fsp3) is 0.833. The number of allylic oxidation sites excluding steroid dienone is 6. The Morgan fingerprint density at radius 2 is 0.633 bits per heavy atom. The standard InChI is InChI=1S/C54H98O6/c1-4-7-10-13-16-19-22-24-25-26-27-28-29-31-32-35-38-41-44-47-53(56)59-50-51(49-58-52(55)46-43-40-37-34-21-18-15-12-9-6-3)60-54(57)48-45-42-39-36-33-30-23-20-17-14-11-8-5-2/h26-27,30,33,39,42,51H,4-25,28-29,31-32,34-38,40-41,43-50H2,1-3H3/b27-26-,33-30-,42-39-. The largest absolute Gasteiger partial charge is 0.462 e. The van der Waals surface area contributed by atoms with Crippen LogP contribution in [0.25, 0.3) is 0 Å². The van der Waals surface area contributed by atoms with E-state index in [2.05, 4.69) is 51.2 Å². The summed E-state index contributed by atoms with van der Waals surface area (Å²) in [5.74, 6) is -0.959. The van der Waals surface area contributed by atoms with E-state index in [0.29, 0.717) is 19.3 Å². The van der Waals surface area contributed by atoms with Gasteiger partial charge in [0.2, 0.25) is 0 Å². The molecule has 0 saturated heterocycles. The summed E-state index contributed by atoms with van der Waals surface area (Å²) in [6.07, 6.45) is 57.2. The molecule has 0 aliphatic carbocycles. The van der Waals surface area contributed by atoms with Crippen molar-refractivity contribution in [3.8, 4) is 0 Å². The predicted molar refractivity (Wildman–Crippen MR) is 256 cm³/mol. The van der Waals surface area contributed by atoms with E-state index in [9.17, 15) is 14.4 Å². The van der Waals surface area contributed by atoms with Crippen LogP contribution in [0.4, 0.5) is 0 Å². The van der Waals surface area contributed by atoms with Crippen molar-refractivity contribution in [2.45, 2.75) is 277 Å². The number of hydrogen-bond acceptors (Lipinski definition) is 6. The number of hydrogen-bond donors (Lipinski definition) is 0. The zero-order chi connectivity index (χ0) is 43.7. The second-order valence-corrected chi connectivity index (χ2v) is 17.4. The highest BCUT2D eigenvalue weighted by molar-refractivity contribution is 5.71. The van der Waals surface area contributed by atoms with Crippen molar-refractivity contribution >= 4 is 17.9 Å². The van der Waals surface area contributed by atoms with Crippen molar-refractivity contribution in [2.24, 2.45) is 0 Å². The minimum atomic E-state index is -0.799. The van der Waals surface area contributed by atoms with E-state index in [1.807, 2.05) is 6.08 Å². The first kappa shape index (κ1) is 57.6. The lowest BCUT2D eigenvalue weighted by molar-refractivity contribution is -0.166. The third-order valence-electron chi connectivity index (χ3n) is 11.4. The molecule has 0 saturated carbocycles. The van der Waals surface area contributed by atoms with E-state index in [4.69, 9.17) is 14.2 Å². The van der Waals surface area contributed by atoms with E-state index >= 15 is 0 Å². The average molecular weight is 843 g/mol. The Balaban J connectivity index is 4.34. The Morgan fingerprint density at radius 1 is 0.333 bits per heavy atom. The number of rotatable bonds is 47. The van der Waals surface area contributed by atoms with Gasteiger partial charge in [0.05, 0.1) is 0 Å². The van der Waals surface area contributed by atoms with Crippen molar-refractivity contribution in [3.05, 3.63) is 36.5 Å². The summed E-state index contributed by atoms with van der Waals surface area (Å²) < 4.78 is 16.7. The smallest absolute Gasteiger partial charge is 0.306 e. The lowest BCUT2D eigenvalue weighted by atomic mass is 10.1. The SMILES string of the molecule is CCCCCCCC/C=C\C/C=C\CCC(=O)OC(COC(=O)CCCCCCCCC/C=C\CCCCCCCCCC)COC(=O)CCCCCCCCCCCC. The molecule has 0 aromatic rings. The molecule has 350 valence electrons. The monoisotopic (exact) mass is 843 g/mol. The summed E-state index contributed by atoms with van der Waals surface area (Å²) in [5, 5.41) is 0. The Bertz CT molecular complexity index is 1020. The molecule has 0 aliphatic heterocycles. The Hall–Kier alpha value is -2.37. The molecule has 0 heterocycles. The topological polar surface area (TPSA) is 78.9 Å². The van der Waals surface area contributed by atoms with Crippen molar-refractivity contribution in [1.82, 2.24) is 0 Å². The third kappa shape index (κ3) is 46.7. The molecular weight excluding hydrogens is 745 g/mol. The maximum absolute atomic E-state index is 12.7. The van der Waals surface area contributed by atoms with E-state index in [-0.39, 0.29) is 37.5 Å². The van der Waals surface area contributed by atoms with E-state index in [1.165, 1.54) is 173 Å². The lowest BCUT2D eigenvalue weighted by Crippen LogP contribution is -2.30. The molecule has 60 heavy (non-hydrogen) atoms. The van der Waals surface area contributed by atoms with Gasteiger partial charge in [0.15, 0.2) is 6.10 Å². The quantitative estimate of drug-likeness (QED) is 0.0263. The van der Waals surface area contributed by atoms with Gasteiger partial charge in [-0.05, 0) is 64.2 Å². The maximum atomic E-state index is 12.7. The van der Waals surface area contributed by atoms with Gasteiger partial charge in [-0.2, -0.15) is 0 Å². The van der Waals surface area contributed by atoms with E-state index < -0.39 is 6.10 Å². The lowest BCUT2D eigenvalue weighted by Gasteiger charge is -2.18. The van der Waals surface area contributed by atoms with Crippen LogP contribution < -0.4 is 0 Å². The Kier molecular flexibility index (Phi) is 47.3. The zero-order valence-corrected chi connectivity index (χ0v) is 40.0. The molecule has 6 heteroatoms. The summed E-state index contributed by atoms with van der Waals surface area (Å²) in [6, 6.07) is 0. The van der Waals surface area contributed by atoms with Gasteiger partial charge < -0.3 is 14.2 Å². The van der Waals surface area contributed by atoms with Crippen molar-refractivity contribution in [1.29, 1.82) is 0 Å². The first-order valence-electron chi connectivity index (χ1n) is 26.0. The van der Waals surface area contributed by atoms with Crippen molar-refractivity contribution < 1.29 is 28.6 Å². The summed E-state index contributed by atoms with van der Waals surface area (Å²) in [5.41, 5.74) is 0. The second-order valence-electron chi connectivity index (χ2n) is 17.4. The molecule has 0 N–H and O–H groups in total. The van der Waals surface area contributed by atoms with Crippen LogP contribution in [0.2, 0.25) is 0 Å². The molecule has 0 aromatic carbocycles. The number of carbonyl (C=O) groups excluding carboxylic acids is 3. The average Bonchev–Trinajstić information content (AvgIpc) is 3.24. The van der Waals surface area contributed by atoms with Crippen LogP contribution in [-0.4, -0.2) is 37.2 Å². The summed E-state index contributed by atoms with van der Waals surface area (Å²) in [4.78, 5) is 37.8. The first-order valence-corrected chi connectivity index (χ1v) is 26.0. The summed E-state index contributed by atoms with van der Waals surface area (Å²) in [6.45, 7) is 6.58. The number of ether oxygens (including phenoxy) is 3. The molecule has 0 amide bonds. The predicted octanol–water partition coefficient (Wildman–Crippen LogP) is 16.9. The van der Waals surface area contributed by atoms with Crippen LogP contribution in [-0.2, 0) is 28.6 Å². The van der Waals surface area contributed by atoms with Gasteiger partial charge in [-0.25, -0.2) is 0 Å². The normalized spacial score (nSPS) is 12.2. The van der Waals surface area contributed by atoms with Crippen molar-refractivity contribution in [2.75, 3.05) is 13.2 Å². The highest BCUT2D eigenvalue weighted by Gasteiger charge is 2.19. The Morgan fingerprint density at radius 3 is 1.00 bits per heavy atom. The molecule has 0 aromatic heterocycles.